The molecule has 126 valence electrons. The van der Waals surface area contributed by atoms with Gasteiger partial charge in [-0.2, -0.15) is 0 Å². The molecule has 0 aliphatic carbocycles. The molecule has 0 spiro atoms. The minimum atomic E-state index is 0.450. The van der Waals surface area contributed by atoms with Crippen molar-refractivity contribution in [2.75, 3.05) is 25.5 Å². The van der Waals surface area contributed by atoms with Crippen molar-refractivity contribution in [1.29, 1.82) is 0 Å². The molecule has 1 aromatic heterocycles. The fraction of sp³-hybridized carbons (Fsp3) is 0.278. The van der Waals surface area contributed by atoms with Crippen LogP contribution >= 0.6 is 0 Å². The first kappa shape index (κ1) is 16.3. The molecule has 1 aliphatic heterocycles. The summed E-state index contributed by atoms with van der Waals surface area (Å²) in [6.07, 6.45) is 4.48. The number of nitrogens with two attached hydrogens (primary N) is 2. The topological polar surface area (TPSA) is 92.2 Å². The lowest BCUT2D eigenvalue weighted by Crippen LogP contribution is -2.24. The number of hydrazine groups is 1. The van der Waals surface area contributed by atoms with Crippen molar-refractivity contribution in [1.82, 2.24) is 15.3 Å². The predicted octanol–water partition coefficient (Wildman–Crippen LogP) is 1.83. The SMILES string of the molecule is C=C(Nc1cc2cc(/C(=C/N)N(C)N)ccc2cn1)C1CCNC1. The van der Waals surface area contributed by atoms with Crippen LogP contribution < -0.4 is 22.2 Å². The van der Waals surface area contributed by atoms with Crippen LogP contribution in [-0.2, 0) is 0 Å². The molecule has 1 fully saturated rings. The summed E-state index contributed by atoms with van der Waals surface area (Å²) in [5.74, 6) is 7.08. The molecule has 1 aromatic carbocycles. The Morgan fingerprint density at radius 2 is 2.25 bits per heavy atom. The van der Waals surface area contributed by atoms with Crippen LogP contribution in [0.25, 0.3) is 16.5 Å². The van der Waals surface area contributed by atoms with E-state index in [4.69, 9.17) is 11.6 Å². The molecule has 0 bridgehead atoms. The third-order valence-corrected chi connectivity index (χ3v) is 4.40. The first-order chi connectivity index (χ1) is 11.6. The molecule has 6 N–H and O–H groups in total. The van der Waals surface area contributed by atoms with Crippen LogP contribution in [0.2, 0.25) is 0 Å². The Hall–Kier alpha value is -2.57. The zero-order chi connectivity index (χ0) is 17.1. The van der Waals surface area contributed by atoms with Crippen molar-refractivity contribution in [3.05, 3.63) is 54.5 Å². The largest absolute Gasteiger partial charge is 0.403 e. The van der Waals surface area contributed by atoms with Crippen LogP contribution in [0.5, 0.6) is 0 Å². The Morgan fingerprint density at radius 3 is 2.92 bits per heavy atom. The highest BCUT2D eigenvalue weighted by Gasteiger charge is 2.17. The van der Waals surface area contributed by atoms with Gasteiger partial charge in [0.05, 0.1) is 5.70 Å². The molecule has 6 nitrogen and oxygen atoms in total. The lowest BCUT2D eigenvalue weighted by Gasteiger charge is -2.17. The molecule has 1 saturated heterocycles. The molecule has 1 atom stereocenters. The van der Waals surface area contributed by atoms with Gasteiger partial charge in [-0.1, -0.05) is 18.7 Å². The first-order valence-electron chi connectivity index (χ1n) is 8.05. The molecule has 2 heterocycles. The van der Waals surface area contributed by atoms with E-state index < -0.39 is 0 Å². The Kier molecular flexibility index (Phi) is 4.69. The number of benzene rings is 1. The highest BCUT2D eigenvalue weighted by atomic mass is 15.4. The van der Waals surface area contributed by atoms with Gasteiger partial charge in [0.2, 0.25) is 0 Å². The second kappa shape index (κ2) is 6.90. The van der Waals surface area contributed by atoms with Crippen LogP contribution in [0.1, 0.15) is 12.0 Å². The van der Waals surface area contributed by atoms with E-state index in [0.29, 0.717) is 5.92 Å². The van der Waals surface area contributed by atoms with Gasteiger partial charge in [0.15, 0.2) is 0 Å². The lowest BCUT2D eigenvalue weighted by molar-refractivity contribution is 0.510. The number of hydrogen-bond donors (Lipinski definition) is 4. The number of fused-ring (bicyclic) bond motifs is 1. The maximum Gasteiger partial charge on any atom is 0.130 e. The Balaban J connectivity index is 1.87. The van der Waals surface area contributed by atoms with Crippen molar-refractivity contribution < 1.29 is 0 Å². The predicted molar refractivity (Wildman–Crippen MR) is 99.6 cm³/mol. The number of nitrogens with one attached hydrogen (secondary N) is 2. The molecule has 24 heavy (non-hydrogen) atoms. The molecular weight excluding hydrogens is 300 g/mol. The second-order valence-corrected chi connectivity index (χ2v) is 6.13. The van der Waals surface area contributed by atoms with Crippen LogP contribution in [0.4, 0.5) is 5.82 Å². The van der Waals surface area contributed by atoms with E-state index in [1.54, 1.807) is 7.05 Å². The summed E-state index contributed by atoms with van der Waals surface area (Å²) in [7, 11) is 1.77. The van der Waals surface area contributed by atoms with Gasteiger partial charge in [0.25, 0.3) is 0 Å². The van der Waals surface area contributed by atoms with Gasteiger partial charge in [0, 0.05) is 48.6 Å². The molecule has 0 radical (unpaired) electrons. The van der Waals surface area contributed by atoms with Crippen LogP contribution in [0.15, 0.2) is 48.9 Å². The van der Waals surface area contributed by atoms with E-state index >= 15 is 0 Å². The van der Waals surface area contributed by atoms with Crippen molar-refractivity contribution in [2.24, 2.45) is 17.5 Å². The second-order valence-electron chi connectivity index (χ2n) is 6.13. The molecule has 3 rings (SSSR count). The summed E-state index contributed by atoms with van der Waals surface area (Å²) in [6.45, 7) is 6.17. The van der Waals surface area contributed by atoms with E-state index in [-0.39, 0.29) is 0 Å². The molecule has 1 aliphatic rings. The van der Waals surface area contributed by atoms with Crippen molar-refractivity contribution in [2.45, 2.75) is 6.42 Å². The van der Waals surface area contributed by atoms with Crippen LogP contribution in [0, 0.1) is 5.92 Å². The quantitative estimate of drug-likeness (QED) is 0.495. The molecule has 1 unspecified atom stereocenters. The van der Waals surface area contributed by atoms with E-state index in [0.717, 1.165) is 53.1 Å². The van der Waals surface area contributed by atoms with Gasteiger partial charge in [0.1, 0.15) is 5.82 Å². The number of aromatic nitrogens is 1. The van der Waals surface area contributed by atoms with E-state index in [2.05, 4.69) is 28.3 Å². The first-order valence-corrected chi connectivity index (χ1v) is 8.05. The third-order valence-electron chi connectivity index (χ3n) is 4.40. The summed E-state index contributed by atoms with van der Waals surface area (Å²) < 4.78 is 0. The summed E-state index contributed by atoms with van der Waals surface area (Å²) in [6, 6.07) is 8.09. The highest BCUT2D eigenvalue weighted by molar-refractivity contribution is 5.87. The Morgan fingerprint density at radius 1 is 1.42 bits per heavy atom. The minimum absolute atomic E-state index is 0.450. The molecule has 0 amide bonds. The molecule has 6 heteroatoms. The summed E-state index contributed by atoms with van der Waals surface area (Å²) >= 11 is 0. The smallest absolute Gasteiger partial charge is 0.130 e. The Labute approximate surface area is 142 Å². The number of anilines is 1. The highest BCUT2D eigenvalue weighted by Crippen LogP contribution is 2.24. The van der Waals surface area contributed by atoms with Crippen LogP contribution in [-0.4, -0.2) is 30.1 Å². The van der Waals surface area contributed by atoms with Crippen molar-refractivity contribution in [3.63, 3.8) is 0 Å². The van der Waals surface area contributed by atoms with Gasteiger partial charge < -0.3 is 21.4 Å². The lowest BCUT2D eigenvalue weighted by atomic mass is 10.1. The molecule has 2 aromatic rings. The van der Waals surface area contributed by atoms with Gasteiger partial charge in [-0.05, 0) is 30.5 Å². The minimum Gasteiger partial charge on any atom is -0.403 e. The van der Waals surface area contributed by atoms with Crippen molar-refractivity contribution in [3.8, 4) is 0 Å². The van der Waals surface area contributed by atoms with E-state index in [9.17, 15) is 0 Å². The maximum absolute atomic E-state index is 5.83. The summed E-state index contributed by atoms with van der Waals surface area (Å²) in [4.78, 5) is 4.48. The zero-order valence-electron chi connectivity index (χ0n) is 13.9. The Bertz CT molecular complexity index is 774. The third kappa shape index (κ3) is 3.34. The maximum atomic E-state index is 5.83. The standard InChI is InChI=1S/C18H24N6/c1-12(14-5-6-21-10-14)23-18-8-16-7-13(17(9-19)24(2)20)3-4-15(16)11-22-18/h3-4,7-9,11,14,21H,1,5-6,10,19-20H2,2H3,(H,22,23)/b17-9-. The number of rotatable bonds is 5. The van der Waals surface area contributed by atoms with E-state index in [1.165, 1.54) is 11.2 Å². The van der Waals surface area contributed by atoms with Gasteiger partial charge in [-0.3, -0.25) is 0 Å². The fourth-order valence-corrected chi connectivity index (χ4v) is 3.00. The molecule has 0 saturated carbocycles. The normalized spacial score (nSPS) is 17.9. The number of pyridine rings is 1. The van der Waals surface area contributed by atoms with Crippen molar-refractivity contribution >= 4 is 22.3 Å². The zero-order valence-corrected chi connectivity index (χ0v) is 13.9. The van der Waals surface area contributed by atoms with Gasteiger partial charge in [-0.15, -0.1) is 0 Å². The summed E-state index contributed by atoms with van der Waals surface area (Å²) in [5, 5.41) is 10.3. The number of nitrogens with zero attached hydrogens (tertiary/aromatic N) is 2. The van der Waals surface area contributed by atoms with E-state index in [1.807, 2.05) is 24.4 Å². The van der Waals surface area contributed by atoms with Gasteiger partial charge >= 0.3 is 0 Å². The average Bonchev–Trinajstić information content (AvgIpc) is 3.09. The average molecular weight is 324 g/mol. The van der Waals surface area contributed by atoms with Crippen LogP contribution in [0.3, 0.4) is 0 Å². The monoisotopic (exact) mass is 324 g/mol. The summed E-state index contributed by atoms with van der Waals surface area (Å²) in [5.41, 5.74) is 8.43. The van der Waals surface area contributed by atoms with Gasteiger partial charge in [-0.25, -0.2) is 10.8 Å². The number of hydrogen-bond acceptors (Lipinski definition) is 6. The fourth-order valence-electron chi connectivity index (χ4n) is 3.00. The molecular formula is C18H24N6.